The molecule has 0 unspecified atom stereocenters. The van der Waals surface area contributed by atoms with Crippen molar-refractivity contribution in [3.05, 3.63) is 95.9 Å². The van der Waals surface area contributed by atoms with E-state index >= 15 is 0 Å². The van der Waals surface area contributed by atoms with E-state index in [0.717, 1.165) is 57.2 Å². The highest BCUT2D eigenvalue weighted by Gasteiger charge is 2.20. The number of hydrogen-bond donors (Lipinski definition) is 2. The molecule has 0 spiro atoms. The number of benzene rings is 2. The Bertz CT molecular complexity index is 901. The number of likely N-dealkylation sites (tertiary alicyclic amines) is 1. The zero-order valence-corrected chi connectivity index (χ0v) is 18.0. The minimum atomic E-state index is 0.442. The fourth-order valence-electron chi connectivity index (χ4n) is 3.94. The Hall–Kier alpha value is -3.05. The molecule has 5 nitrogen and oxygen atoms in total. The highest BCUT2D eigenvalue weighted by Crippen LogP contribution is 2.14. The van der Waals surface area contributed by atoms with Crippen LogP contribution in [0, 0.1) is 0 Å². The minimum Gasteiger partial charge on any atom is -0.469 e. The Morgan fingerprint density at radius 2 is 1.61 bits per heavy atom. The smallest absolute Gasteiger partial charge is 0.191 e. The topological polar surface area (TPSA) is 52.8 Å². The molecular formula is C26H32N4O. The van der Waals surface area contributed by atoms with E-state index in [2.05, 4.69) is 70.1 Å². The molecule has 162 valence electrons. The second-order valence-electron chi connectivity index (χ2n) is 8.09. The molecule has 0 aliphatic carbocycles. The van der Waals surface area contributed by atoms with Crippen LogP contribution in [0.5, 0.6) is 0 Å². The molecule has 5 heteroatoms. The van der Waals surface area contributed by atoms with Crippen LogP contribution in [0.15, 0.2) is 88.5 Å². The predicted octanol–water partition coefficient (Wildman–Crippen LogP) is 4.22. The zero-order valence-electron chi connectivity index (χ0n) is 18.0. The standard InChI is InChI=1S/C26H32N4O/c1-3-8-22(9-4-1)20-28-26(27-16-13-25-12-7-19-31-25)29-24-14-17-30(18-15-24)21-23-10-5-2-6-11-23/h1-12,19,24H,13-18,20-21H2,(H2,27,28,29). The number of nitrogens with zero attached hydrogens (tertiary/aromatic N) is 2. The number of furan rings is 1. The van der Waals surface area contributed by atoms with Gasteiger partial charge in [0, 0.05) is 38.6 Å². The minimum absolute atomic E-state index is 0.442. The van der Waals surface area contributed by atoms with E-state index < -0.39 is 0 Å². The largest absolute Gasteiger partial charge is 0.469 e. The molecule has 2 heterocycles. The van der Waals surface area contributed by atoms with Crippen molar-refractivity contribution in [2.45, 2.75) is 38.4 Å². The van der Waals surface area contributed by atoms with E-state index in [1.54, 1.807) is 6.26 Å². The predicted molar refractivity (Wildman–Crippen MR) is 126 cm³/mol. The monoisotopic (exact) mass is 416 g/mol. The SMILES string of the molecule is c1ccc(CN=C(NCCc2ccco2)NC2CCN(Cc3ccccc3)CC2)cc1. The zero-order chi connectivity index (χ0) is 21.1. The van der Waals surface area contributed by atoms with Gasteiger partial charge in [0.1, 0.15) is 5.76 Å². The fraction of sp³-hybridized carbons (Fsp3) is 0.346. The van der Waals surface area contributed by atoms with Crippen LogP contribution in [0.1, 0.15) is 29.7 Å². The first-order valence-corrected chi connectivity index (χ1v) is 11.2. The summed E-state index contributed by atoms with van der Waals surface area (Å²) in [5.74, 6) is 1.88. The second-order valence-corrected chi connectivity index (χ2v) is 8.09. The van der Waals surface area contributed by atoms with Gasteiger partial charge < -0.3 is 15.1 Å². The van der Waals surface area contributed by atoms with Crippen LogP contribution >= 0.6 is 0 Å². The lowest BCUT2D eigenvalue weighted by Gasteiger charge is -2.33. The van der Waals surface area contributed by atoms with Gasteiger partial charge in [0.15, 0.2) is 5.96 Å². The van der Waals surface area contributed by atoms with Gasteiger partial charge in [0.25, 0.3) is 0 Å². The van der Waals surface area contributed by atoms with Crippen LogP contribution in [0.25, 0.3) is 0 Å². The Balaban J connectivity index is 1.29. The van der Waals surface area contributed by atoms with Gasteiger partial charge in [-0.15, -0.1) is 0 Å². The summed E-state index contributed by atoms with van der Waals surface area (Å²) in [4.78, 5) is 7.38. The van der Waals surface area contributed by atoms with E-state index in [1.165, 1.54) is 11.1 Å². The number of hydrogen-bond acceptors (Lipinski definition) is 3. The van der Waals surface area contributed by atoms with Crippen LogP contribution in [-0.4, -0.2) is 36.5 Å². The van der Waals surface area contributed by atoms with Crippen molar-refractivity contribution in [1.82, 2.24) is 15.5 Å². The summed E-state index contributed by atoms with van der Waals surface area (Å²) < 4.78 is 5.45. The number of piperidine rings is 1. The molecule has 31 heavy (non-hydrogen) atoms. The van der Waals surface area contributed by atoms with E-state index in [9.17, 15) is 0 Å². The van der Waals surface area contributed by atoms with Gasteiger partial charge in [-0.2, -0.15) is 0 Å². The van der Waals surface area contributed by atoms with Gasteiger partial charge >= 0.3 is 0 Å². The molecule has 1 fully saturated rings. The number of aliphatic imine (C=N–C) groups is 1. The molecule has 0 saturated carbocycles. The molecule has 1 aliphatic heterocycles. The summed E-state index contributed by atoms with van der Waals surface area (Å²) in [6.45, 7) is 4.70. The highest BCUT2D eigenvalue weighted by atomic mass is 16.3. The van der Waals surface area contributed by atoms with E-state index in [0.29, 0.717) is 12.6 Å². The molecule has 2 aromatic carbocycles. The number of rotatable bonds is 8. The summed E-state index contributed by atoms with van der Waals surface area (Å²) in [7, 11) is 0. The first-order chi connectivity index (χ1) is 15.3. The van der Waals surface area contributed by atoms with Crippen molar-refractivity contribution in [1.29, 1.82) is 0 Å². The average Bonchev–Trinajstić information content (AvgIpc) is 3.34. The van der Waals surface area contributed by atoms with Crippen molar-refractivity contribution in [2.75, 3.05) is 19.6 Å². The first kappa shape index (κ1) is 21.2. The van der Waals surface area contributed by atoms with Crippen molar-refractivity contribution in [2.24, 2.45) is 4.99 Å². The summed E-state index contributed by atoms with van der Waals surface area (Å²) >= 11 is 0. The third-order valence-corrected chi connectivity index (χ3v) is 5.68. The maximum absolute atomic E-state index is 5.45. The lowest BCUT2D eigenvalue weighted by atomic mass is 10.0. The molecule has 0 bridgehead atoms. The molecule has 1 aliphatic rings. The maximum atomic E-state index is 5.45. The van der Waals surface area contributed by atoms with Gasteiger partial charge in [0.05, 0.1) is 12.8 Å². The first-order valence-electron chi connectivity index (χ1n) is 11.2. The second kappa shape index (κ2) is 11.4. The van der Waals surface area contributed by atoms with Gasteiger partial charge in [-0.05, 0) is 36.1 Å². The molecule has 3 aromatic rings. The normalized spacial score (nSPS) is 15.7. The third-order valence-electron chi connectivity index (χ3n) is 5.68. The summed E-state index contributed by atoms with van der Waals surface area (Å²) in [6, 6.07) is 25.5. The van der Waals surface area contributed by atoms with Crippen molar-refractivity contribution >= 4 is 5.96 Å². The number of guanidine groups is 1. The molecular weight excluding hydrogens is 384 g/mol. The highest BCUT2D eigenvalue weighted by molar-refractivity contribution is 5.80. The van der Waals surface area contributed by atoms with Crippen molar-refractivity contribution in [3.8, 4) is 0 Å². The molecule has 4 rings (SSSR count). The quantitative estimate of drug-likeness (QED) is 0.426. The van der Waals surface area contributed by atoms with Crippen LogP contribution in [0.3, 0.4) is 0 Å². The van der Waals surface area contributed by atoms with Gasteiger partial charge in [0.2, 0.25) is 0 Å². The maximum Gasteiger partial charge on any atom is 0.191 e. The Labute approximate surface area is 185 Å². The lowest BCUT2D eigenvalue weighted by molar-refractivity contribution is 0.198. The van der Waals surface area contributed by atoms with E-state index in [-0.39, 0.29) is 0 Å². The Morgan fingerprint density at radius 1 is 0.903 bits per heavy atom. The molecule has 0 radical (unpaired) electrons. The molecule has 1 aromatic heterocycles. The van der Waals surface area contributed by atoms with Crippen molar-refractivity contribution in [3.63, 3.8) is 0 Å². The summed E-state index contributed by atoms with van der Waals surface area (Å²) in [5, 5.41) is 7.16. The van der Waals surface area contributed by atoms with Crippen LogP contribution in [0.2, 0.25) is 0 Å². The molecule has 1 saturated heterocycles. The van der Waals surface area contributed by atoms with Gasteiger partial charge in [-0.25, -0.2) is 4.99 Å². The summed E-state index contributed by atoms with van der Waals surface area (Å²) in [6.07, 6.45) is 4.81. The molecule has 0 amide bonds. The lowest BCUT2D eigenvalue weighted by Crippen LogP contribution is -2.48. The fourth-order valence-corrected chi connectivity index (χ4v) is 3.94. The van der Waals surface area contributed by atoms with E-state index in [4.69, 9.17) is 9.41 Å². The Kier molecular flexibility index (Phi) is 7.77. The number of nitrogens with one attached hydrogen (secondary N) is 2. The van der Waals surface area contributed by atoms with Crippen molar-refractivity contribution < 1.29 is 4.42 Å². The summed E-state index contributed by atoms with van der Waals surface area (Å²) in [5.41, 5.74) is 2.60. The molecule has 2 N–H and O–H groups in total. The Morgan fingerprint density at radius 3 is 2.29 bits per heavy atom. The van der Waals surface area contributed by atoms with Gasteiger partial charge in [-0.1, -0.05) is 60.7 Å². The average molecular weight is 417 g/mol. The van der Waals surface area contributed by atoms with Crippen LogP contribution < -0.4 is 10.6 Å². The molecule has 0 atom stereocenters. The third kappa shape index (κ3) is 7.00. The van der Waals surface area contributed by atoms with E-state index in [1.807, 2.05) is 18.2 Å². The van der Waals surface area contributed by atoms with Crippen LogP contribution in [0.4, 0.5) is 0 Å². The van der Waals surface area contributed by atoms with Crippen LogP contribution in [-0.2, 0) is 19.5 Å². The van der Waals surface area contributed by atoms with Gasteiger partial charge in [-0.3, -0.25) is 4.90 Å².